The Morgan fingerprint density at radius 2 is 1.85 bits per heavy atom. The lowest BCUT2D eigenvalue weighted by atomic mass is 9.83. The second-order valence-electron chi connectivity index (χ2n) is 8.53. The van der Waals surface area contributed by atoms with Gasteiger partial charge in [-0.3, -0.25) is 9.89 Å². The molecule has 1 aliphatic rings. The minimum atomic E-state index is -0.606. The molecule has 4 nitrogen and oxygen atoms in total. The van der Waals surface area contributed by atoms with Crippen LogP contribution in [0, 0.1) is 30.1 Å². The van der Waals surface area contributed by atoms with Crippen molar-refractivity contribution in [1.29, 1.82) is 5.26 Å². The summed E-state index contributed by atoms with van der Waals surface area (Å²) in [6.07, 6.45) is 6.08. The zero-order valence-corrected chi connectivity index (χ0v) is 18.7. The summed E-state index contributed by atoms with van der Waals surface area (Å²) < 4.78 is 14.6. The van der Waals surface area contributed by atoms with Gasteiger partial charge in [0.15, 0.2) is 0 Å². The lowest BCUT2D eigenvalue weighted by Gasteiger charge is -2.20. The third kappa shape index (κ3) is 3.84. The van der Waals surface area contributed by atoms with Crippen LogP contribution in [0.25, 0.3) is 28.1 Å². The Morgan fingerprint density at radius 1 is 1.09 bits per heavy atom. The van der Waals surface area contributed by atoms with Crippen LogP contribution in [-0.4, -0.2) is 16.5 Å². The van der Waals surface area contributed by atoms with Gasteiger partial charge in [-0.15, -0.1) is 0 Å². The predicted octanol–water partition coefficient (Wildman–Crippen LogP) is 6.46. The number of nitriles is 1. The van der Waals surface area contributed by atoms with E-state index in [1.807, 2.05) is 42.5 Å². The van der Waals surface area contributed by atoms with Crippen LogP contribution in [0.15, 0.2) is 66.7 Å². The maximum absolute atomic E-state index is 14.6. The summed E-state index contributed by atoms with van der Waals surface area (Å²) in [7, 11) is 0. The SMILES string of the molecule is Cc1ccccc1/C(=C(\c1ccc(/C=C/C=O)cc1)c1ccc2n[nH]c(F)c2c1C#N)C1CC1. The van der Waals surface area contributed by atoms with E-state index in [4.69, 9.17) is 0 Å². The number of nitrogens with zero attached hydrogens (tertiary/aromatic N) is 2. The van der Waals surface area contributed by atoms with E-state index in [9.17, 15) is 14.4 Å². The van der Waals surface area contributed by atoms with Gasteiger partial charge >= 0.3 is 0 Å². The first-order valence-electron chi connectivity index (χ1n) is 11.2. The van der Waals surface area contributed by atoms with Gasteiger partial charge in [0.2, 0.25) is 5.95 Å². The second kappa shape index (κ2) is 8.92. The fourth-order valence-corrected chi connectivity index (χ4v) is 4.57. The summed E-state index contributed by atoms with van der Waals surface area (Å²) in [4.78, 5) is 10.7. The topological polar surface area (TPSA) is 69.5 Å². The molecule has 0 unspecified atom stereocenters. The molecule has 4 aromatic rings. The number of nitrogens with one attached hydrogen (secondary N) is 1. The number of aromatic amines is 1. The van der Waals surface area contributed by atoms with E-state index in [0.29, 0.717) is 17.0 Å². The minimum Gasteiger partial charge on any atom is -0.299 e. The summed E-state index contributed by atoms with van der Waals surface area (Å²) in [5.41, 5.74) is 7.63. The first-order valence-corrected chi connectivity index (χ1v) is 11.2. The van der Waals surface area contributed by atoms with E-state index in [-0.39, 0.29) is 10.9 Å². The highest BCUT2D eigenvalue weighted by Crippen LogP contribution is 2.49. The first kappa shape index (κ1) is 21.5. The highest BCUT2D eigenvalue weighted by molar-refractivity contribution is 6.04. The molecule has 34 heavy (non-hydrogen) atoms. The Bertz CT molecular complexity index is 1500. The molecule has 1 saturated carbocycles. The van der Waals surface area contributed by atoms with Crippen LogP contribution in [0.2, 0.25) is 0 Å². The molecule has 5 rings (SSSR count). The van der Waals surface area contributed by atoms with Crippen LogP contribution in [0.5, 0.6) is 0 Å². The second-order valence-corrected chi connectivity index (χ2v) is 8.53. The lowest BCUT2D eigenvalue weighted by molar-refractivity contribution is -0.104. The number of aromatic nitrogens is 2. The summed E-state index contributed by atoms with van der Waals surface area (Å²) in [5.74, 6) is -0.242. The van der Waals surface area contributed by atoms with Gasteiger partial charge in [0.25, 0.3) is 0 Å². The smallest absolute Gasteiger partial charge is 0.218 e. The Kier molecular flexibility index (Phi) is 5.65. The molecule has 1 heterocycles. The van der Waals surface area contributed by atoms with Crippen LogP contribution < -0.4 is 0 Å². The zero-order chi connectivity index (χ0) is 23.7. The van der Waals surface area contributed by atoms with Crippen molar-refractivity contribution in [2.24, 2.45) is 5.92 Å². The molecule has 0 atom stereocenters. The van der Waals surface area contributed by atoms with Crippen molar-refractivity contribution in [3.8, 4) is 6.07 Å². The standard InChI is InChI=1S/C29H22FN3O/c1-18-5-2-3-7-22(18)26(21-12-13-21)27(20-10-8-19(9-11-20)6-4-16-34)23-14-15-25-28(24(23)17-31)29(30)33-32-25/h2-11,14-16,21H,12-13H2,1H3,(H,32,33)/b6-4+,27-26+. The highest BCUT2D eigenvalue weighted by Gasteiger charge is 2.32. The van der Waals surface area contributed by atoms with Crippen LogP contribution in [-0.2, 0) is 4.79 Å². The molecule has 1 aromatic heterocycles. The summed E-state index contributed by atoms with van der Waals surface area (Å²) in [5, 5.41) is 16.7. The molecule has 0 bridgehead atoms. The number of aldehydes is 1. The molecular formula is C29H22FN3O. The molecule has 0 amide bonds. The van der Waals surface area contributed by atoms with E-state index in [2.05, 4.69) is 35.3 Å². The van der Waals surface area contributed by atoms with Gasteiger partial charge in [-0.05, 0) is 71.2 Å². The maximum atomic E-state index is 14.6. The zero-order valence-electron chi connectivity index (χ0n) is 18.7. The number of hydrogen-bond donors (Lipinski definition) is 1. The molecular weight excluding hydrogens is 425 g/mol. The largest absolute Gasteiger partial charge is 0.299 e. The van der Waals surface area contributed by atoms with Gasteiger partial charge in [0.1, 0.15) is 12.4 Å². The molecule has 5 heteroatoms. The van der Waals surface area contributed by atoms with Gasteiger partial charge in [-0.25, -0.2) is 0 Å². The van der Waals surface area contributed by atoms with E-state index >= 15 is 0 Å². The van der Waals surface area contributed by atoms with Crippen molar-refractivity contribution >= 4 is 34.4 Å². The number of halogens is 1. The fraction of sp³-hybridized carbons (Fsp3) is 0.138. The molecule has 3 aromatic carbocycles. The van der Waals surface area contributed by atoms with Crippen molar-refractivity contribution in [3.05, 3.63) is 106 Å². The van der Waals surface area contributed by atoms with Gasteiger partial charge in [0, 0.05) is 5.56 Å². The number of H-pyrrole nitrogens is 1. The van der Waals surface area contributed by atoms with Crippen molar-refractivity contribution in [3.63, 3.8) is 0 Å². The number of aryl methyl sites for hydroxylation is 1. The molecule has 0 spiro atoms. The third-order valence-corrected chi connectivity index (χ3v) is 6.32. The van der Waals surface area contributed by atoms with E-state index in [0.717, 1.165) is 47.0 Å². The quantitative estimate of drug-likeness (QED) is 0.209. The van der Waals surface area contributed by atoms with Crippen LogP contribution in [0.4, 0.5) is 4.39 Å². The van der Waals surface area contributed by atoms with Crippen LogP contribution in [0.1, 0.15) is 46.2 Å². The van der Waals surface area contributed by atoms with Crippen molar-refractivity contribution in [2.45, 2.75) is 19.8 Å². The van der Waals surface area contributed by atoms with E-state index in [1.54, 1.807) is 12.1 Å². The fourth-order valence-electron chi connectivity index (χ4n) is 4.57. The molecule has 166 valence electrons. The Morgan fingerprint density at radius 3 is 2.53 bits per heavy atom. The molecule has 1 fully saturated rings. The third-order valence-electron chi connectivity index (χ3n) is 6.32. The number of carbonyl (C=O) groups excluding carboxylic acids is 1. The Balaban J connectivity index is 1.85. The van der Waals surface area contributed by atoms with Crippen molar-refractivity contribution in [2.75, 3.05) is 0 Å². The number of carbonyl (C=O) groups is 1. The molecule has 1 aliphatic carbocycles. The van der Waals surface area contributed by atoms with Gasteiger partial charge in [-0.2, -0.15) is 14.8 Å². The Labute approximate surface area is 197 Å². The lowest BCUT2D eigenvalue weighted by Crippen LogP contribution is -2.01. The minimum absolute atomic E-state index is 0.211. The van der Waals surface area contributed by atoms with Crippen molar-refractivity contribution < 1.29 is 9.18 Å². The van der Waals surface area contributed by atoms with Crippen LogP contribution >= 0.6 is 0 Å². The highest BCUT2D eigenvalue weighted by atomic mass is 19.1. The molecule has 0 saturated heterocycles. The summed E-state index contributed by atoms with van der Waals surface area (Å²) in [6.45, 7) is 2.09. The van der Waals surface area contributed by atoms with Gasteiger partial charge < -0.3 is 0 Å². The number of fused-ring (bicyclic) bond motifs is 1. The summed E-state index contributed by atoms with van der Waals surface area (Å²) in [6, 6.07) is 22.0. The predicted molar refractivity (Wildman–Crippen MR) is 132 cm³/mol. The number of benzene rings is 3. The van der Waals surface area contributed by atoms with E-state index < -0.39 is 5.95 Å². The average Bonchev–Trinajstić information content (AvgIpc) is 3.63. The summed E-state index contributed by atoms with van der Waals surface area (Å²) >= 11 is 0. The van der Waals surface area contributed by atoms with Crippen LogP contribution in [0.3, 0.4) is 0 Å². The number of hydrogen-bond acceptors (Lipinski definition) is 3. The first-order chi connectivity index (χ1) is 16.6. The van der Waals surface area contributed by atoms with Gasteiger partial charge in [0.05, 0.1) is 16.5 Å². The molecule has 0 radical (unpaired) electrons. The molecule has 1 N–H and O–H groups in total. The molecule has 0 aliphatic heterocycles. The Hall–Kier alpha value is -4.30. The monoisotopic (exact) mass is 447 g/mol. The van der Waals surface area contributed by atoms with Gasteiger partial charge in [-0.1, -0.05) is 60.7 Å². The number of rotatable bonds is 6. The number of allylic oxidation sites excluding steroid dienone is 2. The maximum Gasteiger partial charge on any atom is 0.218 e. The van der Waals surface area contributed by atoms with Crippen molar-refractivity contribution in [1.82, 2.24) is 10.2 Å². The van der Waals surface area contributed by atoms with E-state index in [1.165, 1.54) is 11.6 Å². The average molecular weight is 448 g/mol. The normalized spacial score (nSPS) is 14.3.